The van der Waals surface area contributed by atoms with Crippen LogP contribution in [-0.2, 0) is 4.79 Å². The highest BCUT2D eigenvalue weighted by Gasteiger charge is 2.20. The van der Waals surface area contributed by atoms with E-state index in [1.54, 1.807) is 0 Å². The Hall–Kier alpha value is -0.0500. The zero-order valence-corrected chi connectivity index (χ0v) is 13.6. The van der Waals surface area contributed by atoms with Crippen LogP contribution in [0.5, 0.6) is 0 Å². The van der Waals surface area contributed by atoms with Gasteiger partial charge in [0.15, 0.2) is 0 Å². The smallest absolute Gasteiger partial charge is 0.236 e. The van der Waals surface area contributed by atoms with Crippen LogP contribution in [0.2, 0.25) is 0 Å². The zero-order chi connectivity index (χ0) is 13.4. The van der Waals surface area contributed by atoms with E-state index in [1.165, 1.54) is 0 Å². The monoisotopic (exact) mass is 305 g/mol. The van der Waals surface area contributed by atoms with E-state index in [0.717, 1.165) is 32.4 Å². The average molecular weight is 306 g/mol. The molecule has 0 rings (SSSR count). The van der Waals surface area contributed by atoms with E-state index in [4.69, 9.17) is 0 Å². The van der Waals surface area contributed by atoms with Crippen LogP contribution in [-0.4, -0.2) is 28.7 Å². The third-order valence-corrected chi connectivity index (χ3v) is 3.93. The highest BCUT2D eigenvalue weighted by Crippen LogP contribution is 2.13. The average Bonchev–Trinajstić information content (AvgIpc) is 2.26. The van der Waals surface area contributed by atoms with Crippen LogP contribution in [0.25, 0.3) is 0 Å². The molecule has 0 N–H and O–H groups in total. The lowest BCUT2D eigenvalue weighted by atomic mass is 10.1. The second kappa shape index (κ2) is 8.96. The van der Waals surface area contributed by atoms with Crippen molar-refractivity contribution in [2.45, 2.75) is 58.7 Å². The Labute approximate surface area is 115 Å². The molecule has 0 aromatic heterocycles. The molecule has 0 aliphatic carbocycles. The summed E-state index contributed by atoms with van der Waals surface area (Å²) in [6.45, 7) is 12.6. The van der Waals surface area contributed by atoms with Crippen molar-refractivity contribution >= 4 is 21.8 Å². The van der Waals surface area contributed by atoms with Crippen molar-refractivity contribution < 1.29 is 4.79 Å². The van der Waals surface area contributed by atoms with E-state index in [9.17, 15) is 4.79 Å². The summed E-state index contributed by atoms with van der Waals surface area (Å²) in [5.74, 6) is 1.56. The number of rotatable bonds is 8. The normalized spacial score (nSPS) is 13.2. The fourth-order valence-electron chi connectivity index (χ4n) is 1.53. The minimum atomic E-state index is -0.0122. The summed E-state index contributed by atoms with van der Waals surface area (Å²) < 4.78 is 0. The van der Waals surface area contributed by atoms with Gasteiger partial charge < -0.3 is 4.90 Å². The maximum absolute atomic E-state index is 12.2. The topological polar surface area (TPSA) is 20.3 Å². The molecule has 0 bridgehead atoms. The van der Waals surface area contributed by atoms with Crippen molar-refractivity contribution in [2.24, 2.45) is 11.8 Å². The molecule has 0 aromatic carbocycles. The highest BCUT2D eigenvalue weighted by atomic mass is 79.9. The summed E-state index contributed by atoms with van der Waals surface area (Å²) in [4.78, 5) is 14.2. The largest absolute Gasteiger partial charge is 0.342 e. The Morgan fingerprint density at radius 1 is 1.06 bits per heavy atom. The van der Waals surface area contributed by atoms with Crippen molar-refractivity contribution in [3.8, 4) is 0 Å². The SMILES string of the molecule is CCC(Br)C(=O)N(CCC(C)C)CCC(C)C. The molecule has 0 aliphatic rings. The molecule has 0 saturated carbocycles. The lowest BCUT2D eigenvalue weighted by molar-refractivity contribution is -0.130. The van der Waals surface area contributed by atoms with Gasteiger partial charge in [-0.1, -0.05) is 50.5 Å². The molecule has 1 unspecified atom stereocenters. The van der Waals surface area contributed by atoms with Crippen molar-refractivity contribution in [2.75, 3.05) is 13.1 Å². The van der Waals surface area contributed by atoms with Gasteiger partial charge in [-0.05, 0) is 31.1 Å². The van der Waals surface area contributed by atoms with Gasteiger partial charge in [-0.15, -0.1) is 0 Å². The molecular formula is C14H28BrNO. The molecule has 17 heavy (non-hydrogen) atoms. The molecular weight excluding hydrogens is 278 g/mol. The minimum Gasteiger partial charge on any atom is -0.342 e. The van der Waals surface area contributed by atoms with E-state index in [2.05, 4.69) is 43.6 Å². The summed E-state index contributed by atoms with van der Waals surface area (Å²) in [6.07, 6.45) is 3.04. The van der Waals surface area contributed by atoms with Crippen molar-refractivity contribution in [1.82, 2.24) is 4.90 Å². The molecule has 3 heteroatoms. The van der Waals surface area contributed by atoms with Crippen LogP contribution in [0.3, 0.4) is 0 Å². The van der Waals surface area contributed by atoms with Gasteiger partial charge in [0.2, 0.25) is 5.91 Å². The van der Waals surface area contributed by atoms with Gasteiger partial charge >= 0.3 is 0 Å². The summed E-state index contributed by atoms with van der Waals surface area (Å²) >= 11 is 3.47. The number of nitrogens with zero attached hydrogens (tertiary/aromatic N) is 1. The lowest BCUT2D eigenvalue weighted by Gasteiger charge is -2.26. The van der Waals surface area contributed by atoms with Crippen molar-refractivity contribution in [1.29, 1.82) is 0 Å². The van der Waals surface area contributed by atoms with Gasteiger partial charge in [0.05, 0.1) is 4.83 Å². The van der Waals surface area contributed by atoms with Crippen LogP contribution in [0.15, 0.2) is 0 Å². The van der Waals surface area contributed by atoms with Crippen LogP contribution in [0.4, 0.5) is 0 Å². The van der Waals surface area contributed by atoms with Gasteiger partial charge in [0.25, 0.3) is 0 Å². The number of carbonyl (C=O) groups excluding carboxylic acids is 1. The number of amides is 1. The van der Waals surface area contributed by atoms with Gasteiger partial charge in [0, 0.05) is 13.1 Å². The van der Waals surface area contributed by atoms with Crippen molar-refractivity contribution in [3.63, 3.8) is 0 Å². The Bertz CT molecular complexity index is 204. The number of carbonyl (C=O) groups is 1. The van der Waals surface area contributed by atoms with Gasteiger partial charge in [-0.25, -0.2) is 0 Å². The number of hydrogen-bond acceptors (Lipinski definition) is 1. The van der Waals surface area contributed by atoms with E-state index >= 15 is 0 Å². The third kappa shape index (κ3) is 7.80. The van der Waals surface area contributed by atoms with Crippen LogP contribution >= 0.6 is 15.9 Å². The standard InChI is InChI=1S/C14H28BrNO/c1-6-13(15)14(17)16(9-7-11(2)3)10-8-12(4)5/h11-13H,6-10H2,1-5H3. The highest BCUT2D eigenvalue weighted by molar-refractivity contribution is 9.10. The maximum Gasteiger partial charge on any atom is 0.236 e. The van der Waals surface area contributed by atoms with Crippen LogP contribution < -0.4 is 0 Å². The predicted molar refractivity (Wildman–Crippen MR) is 78.5 cm³/mol. The van der Waals surface area contributed by atoms with Crippen LogP contribution in [0, 0.1) is 11.8 Å². The molecule has 0 aliphatic heterocycles. The second-order valence-corrected chi connectivity index (χ2v) is 6.67. The van der Waals surface area contributed by atoms with E-state index < -0.39 is 0 Å². The molecule has 1 atom stereocenters. The lowest BCUT2D eigenvalue weighted by Crippen LogP contribution is -2.38. The zero-order valence-electron chi connectivity index (χ0n) is 12.0. The second-order valence-electron chi connectivity index (χ2n) is 5.57. The van der Waals surface area contributed by atoms with Crippen LogP contribution in [0.1, 0.15) is 53.9 Å². The molecule has 0 heterocycles. The molecule has 0 aromatic rings. The number of halogens is 1. The predicted octanol–water partition coefficient (Wildman–Crippen LogP) is 4.08. The summed E-state index contributed by atoms with van der Waals surface area (Å²) in [6, 6.07) is 0. The Morgan fingerprint density at radius 2 is 1.47 bits per heavy atom. The number of alkyl halides is 1. The van der Waals surface area contributed by atoms with Gasteiger partial charge in [-0.2, -0.15) is 0 Å². The third-order valence-electron chi connectivity index (χ3n) is 2.89. The molecule has 102 valence electrons. The summed E-state index contributed by atoms with van der Waals surface area (Å²) in [7, 11) is 0. The van der Waals surface area contributed by atoms with E-state index in [-0.39, 0.29) is 10.7 Å². The molecule has 2 nitrogen and oxygen atoms in total. The Balaban J connectivity index is 4.32. The first-order chi connectivity index (χ1) is 7.88. The first-order valence-corrected chi connectivity index (χ1v) is 7.72. The summed E-state index contributed by atoms with van der Waals surface area (Å²) in [5.41, 5.74) is 0. The van der Waals surface area contributed by atoms with E-state index in [1.807, 2.05) is 11.8 Å². The molecule has 1 amide bonds. The first-order valence-electron chi connectivity index (χ1n) is 6.81. The maximum atomic E-state index is 12.2. The fourth-order valence-corrected chi connectivity index (χ4v) is 1.82. The number of hydrogen-bond donors (Lipinski definition) is 0. The van der Waals surface area contributed by atoms with Gasteiger partial charge in [0.1, 0.15) is 0 Å². The van der Waals surface area contributed by atoms with E-state index in [0.29, 0.717) is 11.8 Å². The molecule has 0 spiro atoms. The molecule has 0 fully saturated rings. The molecule has 0 saturated heterocycles. The summed E-state index contributed by atoms with van der Waals surface area (Å²) in [5, 5.41) is 0. The quantitative estimate of drug-likeness (QED) is 0.619. The minimum absolute atomic E-state index is 0.0122. The van der Waals surface area contributed by atoms with Crippen molar-refractivity contribution in [3.05, 3.63) is 0 Å². The fraction of sp³-hybridized carbons (Fsp3) is 0.929. The van der Waals surface area contributed by atoms with Gasteiger partial charge in [-0.3, -0.25) is 4.79 Å². The Morgan fingerprint density at radius 3 is 1.76 bits per heavy atom. The first kappa shape index (κ1) is 16.9. The molecule has 0 radical (unpaired) electrons. The Kier molecular flexibility index (Phi) is 8.93.